The maximum atomic E-state index is 4.51. The molecule has 2 heterocycles. The summed E-state index contributed by atoms with van der Waals surface area (Å²) >= 11 is 0. The molecule has 5 heteroatoms. The average molecular weight is 277 g/mol. The highest BCUT2D eigenvalue weighted by Crippen LogP contribution is 2.10. The standard InChI is InChI=1S/C15H27N5/c1-13(2)16-10-14-11-18-15(12-17-14)19(3)8-9-20-6-4-5-7-20/h11-13,16H,4-10H2,1-3H3. The normalized spacial score (nSPS) is 16.0. The summed E-state index contributed by atoms with van der Waals surface area (Å²) in [6.45, 7) is 9.68. The number of rotatable bonds is 7. The smallest absolute Gasteiger partial charge is 0.146 e. The first kappa shape index (κ1) is 15.2. The van der Waals surface area contributed by atoms with E-state index in [4.69, 9.17) is 0 Å². The van der Waals surface area contributed by atoms with Crippen LogP contribution in [-0.2, 0) is 6.54 Å². The summed E-state index contributed by atoms with van der Waals surface area (Å²) in [5.74, 6) is 0.956. The van der Waals surface area contributed by atoms with Crippen molar-refractivity contribution in [3.63, 3.8) is 0 Å². The largest absolute Gasteiger partial charge is 0.357 e. The van der Waals surface area contributed by atoms with Gasteiger partial charge in [0, 0.05) is 32.7 Å². The molecule has 1 fully saturated rings. The Balaban J connectivity index is 1.78. The minimum atomic E-state index is 0.472. The van der Waals surface area contributed by atoms with Gasteiger partial charge >= 0.3 is 0 Å². The lowest BCUT2D eigenvalue weighted by Gasteiger charge is -2.22. The molecule has 20 heavy (non-hydrogen) atoms. The maximum Gasteiger partial charge on any atom is 0.146 e. The Labute approximate surface area is 122 Å². The lowest BCUT2D eigenvalue weighted by atomic mass is 10.3. The van der Waals surface area contributed by atoms with Crippen LogP contribution in [0.2, 0.25) is 0 Å². The van der Waals surface area contributed by atoms with Gasteiger partial charge in [0.25, 0.3) is 0 Å². The van der Waals surface area contributed by atoms with Gasteiger partial charge in [-0.25, -0.2) is 4.98 Å². The van der Waals surface area contributed by atoms with Gasteiger partial charge < -0.3 is 15.1 Å². The van der Waals surface area contributed by atoms with Crippen LogP contribution in [0.25, 0.3) is 0 Å². The van der Waals surface area contributed by atoms with Crippen LogP contribution in [0.15, 0.2) is 12.4 Å². The summed E-state index contributed by atoms with van der Waals surface area (Å²) < 4.78 is 0. The van der Waals surface area contributed by atoms with Crippen LogP contribution in [0.3, 0.4) is 0 Å². The molecule has 2 rings (SSSR count). The molecule has 5 nitrogen and oxygen atoms in total. The monoisotopic (exact) mass is 277 g/mol. The van der Waals surface area contributed by atoms with Gasteiger partial charge in [-0.15, -0.1) is 0 Å². The molecule has 0 unspecified atom stereocenters. The fourth-order valence-corrected chi connectivity index (χ4v) is 2.36. The Morgan fingerprint density at radius 2 is 2.00 bits per heavy atom. The summed E-state index contributed by atoms with van der Waals surface area (Å²) in [5, 5.41) is 3.35. The van der Waals surface area contributed by atoms with Crippen molar-refractivity contribution in [1.82, 2.24) is 20.2 Å². The molecule has 112 valence electrons. The van der Waals surface area contributed by atoms with E-state index in [-0.39, 0.29) is 0 Å². The quantitative estimate of drug-likeness (QED) is 0.818. The Bertz CT molecular complexity index is 384. The summed E-state index contributed by atoms with van der Waals surface area (Å²) in [5.41, 5.74) is 0.996. The van der Waals surface area contributed by atoms with Gasteiger partial charge in [0.15, 0.2) is 0 Å². The summed E-state index contributed by atoms with van der Waals surface area (Å²) in [6.07, 6.45) is 6.44. The predicted molar refractivity (Wildman–Crippen MR) is 83.0 cm³/mol. The zero-order chi connectivity index (χ0) is 14.4. The van der Waals surface area contributed by atoms with E-state index >= 15 is 0 Å². The molecule has 1 aromatic rings. The van der Waals surface area contributed by atoms with E-state index in [0.717, 1.165) is 31.1 Å². The SMILES string of the molecule is CC(C)NCc1cnc(N(C)CCN2CCCC2)cn1. The Morgan fingerprint density at radius 3 is 2.60 bits per heavy atom. The highest BCUT2D eigenvalue weighted by atomic mass is 15.2. The van der Waals surface area contributed by atoms with Crippen LogP contribution < -0.4 is 10.2 Å². The molecule has 0 saturated carbocycles. The fraction of sp³-hybridized carbons (Fsp3) is 0.733. The molecule has 0 bridgehead atoms. The van der Waals surface area contributed by atoms with Crippen molar-refractivity contribution in [1.29, 1.82) is 0 Å². The molecule has 1 aliphatic rings. The van der Waals surface area contributed by atoms with Gasteiger partial charge in [-0.05, 0) is 25.9 Å². The molecule has 0 radical (unpaired) electrons. The van der Waals surface area contributed by atoms with Crippen LogP contribution in [0, 0.1) is 0 Å². The molecular weight excluding hydrogens is 250 g/mol. The molecule has 0 atom stereocenters. The zero-order valence-corrected chi connectivity index (χ0v) is 13.0. The van der Waals surface area contributed by atoms with E-state index in [1.54, 1.807) is 0 Å². The van der Waals surface area contributed by atoms with E-state index < -0.39 is 0 Å². The molecule has 1 saturated heterocycles. The van der Waals surface area contributed by atoms with E-state index in [1.807, 2.05) is 12.4 Å². The van der Waals surface area contributed by atoms with Crippen molar-refractivity contribution < 1.29 is 0 Å². The number of hydrogen-bond acceptors (Lipinski definition) is 5. The van der Waals surface area contributed by atoms with Crippen LogP contribution in [0.1, 0.15) is 32.4 Å². The molecule has 1 N–H and O–H groups in total. The van der Waals surface area contributed by atoms with Crippen LogP contribution in [-0.4, -0.2) is 54.1 Å². The van der Waals surface area contributed by atoms with Gasteiger partial charge in [-0.3, -0.25) is 4.98 Å². The first-order chi connectivity index (χ1) is 9.65. The number of likely N-dealkylation sites (tertiary alicyclic amines) is 1. The molecule has 0 aromatic carbocycles. The maximum absolute atomic E-state index is 4.51. The minimum absolute atomic E-state index is 0.472. The molecule has 0 spiro atoms. The summed E-state index contributed by atoms with van der Waals surface area (Å²) in [6, 6.07) is 0.472. The number of likely N-dealkylation sites (N-methyl/N-ethyl adjacent to an activating group) is 1. The van der Waals surface area contributed by atoms with Crippen molar-refractivity contribution in [2.24, 2.45) is 0 Å². The number of nitrogens with one attached hydrogen (secondary N) is 1. The van der Waals surface area contributed by atoms with E-state index in [2.05, 4.69) is 46.0 Å². The third-order valence-corrected chi connectivity index (χ3v) is 3.72. The number of anilines is 1. The van der Waals surface area contributed by atoms with Crippen LogP contribution in [0.4, 0.5) is 5.82 Å². The van der Waals surface area contributed by atoms with Gasteiger partial charge in [0.1, 0.15) is 5.82 Å². The van der Waals surface area contributed by atoms with Crippen molar-refractivity contribution in [3.8, 4) is 0 Å². The lowest BCUT2D eigenvalue weighted by molar-refractivity contribution is 0.346. The minimum Gasteiger partial charge on any atom is -0.357 e. The predicted octanol–water partition coefficient (Wildman–Crippen LogP) is 1.51. The Hall–Kier alpha value is -1.20. The lowest BCUT2D eigenvalue weighted by Crippen LogP contribution is -2.32. The van der Waals surface area contributed by atoms with Gasteiger partial charge in [0.05, 0.1) is 18.1 Å². The highest BCUT2D eigenvalue weighted by Gasteiger charge is 2.12. The van der Waals surface area contributed by atoms with Crippen LogP contribution >= 0.6 is 0 Å². The molecule has 0 aliphatic carbocycles. The Kier molecular flexibility index (Phi) is 5.73. The van der Waals surface area contributed by atoms with E-state index in [0.29, 0.717) is 6.04 Å². The Morgan fingerprint density at radius 1 is 1.25 bits per heavy atom. The molecular formula is C15H27N5. The molecule has 1 aliphatic heterocycles. The summed E-state index contributed by atoms with van der Waals surface area (Å²) in [4.78, 5) is 13.7. The van der Waals surface area contributed by atoms with Crippen molar-refractivity contribution >= 4 is 5.82 Å². The first-order valence-electron chi connectivity index (χ1n) is 7.63. The first-order valence-corrected chi connectivity index (χ1v) is 7.63. The number of hydrogen-bond donors (Lipinski definition) is 1. The third-order valence-electron chi connectivity index (χ3n) is 3.72. The van der Waals surface area contributed by atoms with E-state index in [9.17, 15) is 0 Å². The van der Waals surface area contributed by atoms with Crippen molar-refractivity contribution in [3.05, 3.63) is 18.1 Å². The number of aromatic nitrogens is 2. The highest BCUT2D eigenvalue weighted by molar-refractivity contribution is 5.34. The topological polar surface area (TPSA) is 44.3 Å². The summed E-state index contributed by atoms with van der Waals surface area (Å²) in [7, 11) is 2.09. The van der Waals surface area contributed by atoms with Gasteiger partial charge in [-0.2, -0.15) is 0 Å². The zero-order valence-electron chi connectivity index (χ0n) is 13.0. The van der Waals surface area contributed by atoms with Crippen molar-refractivity contribution in [2.75, 3.05) is 38.1 Å². The molecule has 0 amide bonds. The average Bonchev–Trinajstić information content (AvgIpc) is 2.96. The second-order valence-corrected chi connectivity index (χ2v) is 5.87. The second-order valence-electron chi connectivity index (χ2n) is 5.87. The van der Waals surface area contributed by atoms with Crippen LogP contribution in [0.5, 0.6) is 0 Å². The van der Waals surface area contributed by atoms with Gasteiger partial charge in [0.2, 0.25) is 0 Å². The van der Waals surface area contributed by atoms with E-state index in [1.165, 1.54) is 25.9 Å². The number of nitrogens with zero attached hydrogens (tertiary/aromatic N) is 4. The van der Waals surface area contributed by atoms with Crippen molar-refractivity contribution in [2.45, 2.75) is 39.3 Å². The van der Waals surface area contributed by atoms with Gasteiger partial charge in [-0.1, -0.05) is 13.8 Å². The third kappa shape index (κ3) is 4.72. The second kappa shape index (κ2) is 7.55. The molecule has 1 aromatic heterocycles. The fourth-order valence-electron chi connectivity index (χ4n) is 2.36.